The van der Waals surface area contributed by atoms with Crippen molar-refractivity contribution in [2.24, 2.45) is 0 Å². The second-order valence-corrected chi connectivity index (χ2v) is 6.82. The first-order valence-corrected chi connectivity index (χ1v) is 7.95. The van der Waals surface area contributed by atoms with Crippen LogP contribution in [-0.4, -0.2) is 13.4 Å². The first kappa shape index (κ1) is 14.3. The molecule has 0 aliphatic carbocycles. The Morgan fingerprint density at radius 1 is 1.26 bits per heavy atom. The van der Waals surface area contributed by atoms with Crippen molar-refractivity contribution in [3.63, 3.8) is 0 Å². The van der Waals surface area contributed by atoms with Crippen molar-refractivity contribution in [1.82, 2.24) is 4.98 Å². The molecule has 2 rings (SSSR count). The Hall–Kier alpha value is -1.11. The van der Waals surface area contributed by atoms with Gasteiger partial charge in [0.05, 0.1) is 16.3 Å². The highest BCUT2D eigenvalue weighted by Gasteiger charge is 2.15. The number of nitrogens with one attached hydrogen (secondary N) is 1. The van der Waals surface area contributed by atoms with Gasteiger partial charge in [0.25, 0.3) is 10.0 Å². The van der Waals surface area contributed by atoms with Crippen molar-refractivity contribution in [3.8, 4) is 0 Å². The Bertz CT molecular complexity index is 719. The number of halogens is 2. The van der Waals surface area contributed by atoms with Gasteiger partial charge in [-0.05, 0) is 37.3 Å². The SMILES string of the molecule is Cc1nc(Cl)ccc1NS(=O)(=O)c1cccc(Br)c1. The fourth-order valence-electron chi connectivity index (χ4n) is 1.48. The largest absolute Gasteiger partial charge is 0.278 e. The van der Waals surface area contributed by atoms with Crippen LogP contribution in [0.5, 0.6) is 0 Å². The lowest BCUT2D eigenvalue weighted by atomic mass is 10.3. The number of pyridine rings is 1. The molecule has 100 valence electrons. The summed E-state index contributed by atoms with van der Waals surface area (Å²) in [5.74, 6) is 0. The summed E-state index contributed by atoms with van der Waals surface area (Å²) in [5.41, 5.74) is 0.926. The van der Waals surface area contributed by atoms with E-state index >= 15 is 0 Å². The molecule has 0 unspecified atom stereocenters. The molecule has 0 atom stereocenters. The summed E-state index contributed by atoms with van der Waals surface area (Å²) in [7, 11) is -3.63. The maximum absolute atomic E-state index is 12.2. The van der Waals surface area contributed by atoms with Crippen molar-refractivity contribution < 1.29 is 8.42 Å². The van der Waals surface area contributed by atoms with E-state index in [9.17, 15) is 8.42 Å². The number of aryl methyl sites for hydroxylation is 1. The van der Waals surface area contributed by atoms with Crippen LogP contribution in [0.1, 0.15) is 5.69 Å². The molecule has 0 aliphatic rings. The van der Waals surface area contributed by atoms with E-state index in [0.717, 1.165) is 0 Å². The molecule has 1 heterocycles. The number of nitrogens with zero attached hydrogens (tertiary/aromatic N) is 1. The lowest BCUT2D eigenvalue weighted by Crippen LogP contribution is -2.14. The van der Waals surface area contributed by atoms with Gasteiger partial charge in [-0.3, -0.25) is 4.72 Å². The molecule has 2 aromatic rings. The third-order valence-corrected chi connectivity index (χ3v) is 4.47. The first-order valence-electron chi connectivity index (χ1n) is 5.30. The van der Waals surface area contributed by atoms with Gasteiger partial charge in [-0.15, -0.1) is 0 Å². The van der Waals surface area contributed by atoms with Crippen LogP contribution in [0.2, 0.25) is 5.15 Å². The molecule has 0 saturated carbocycles. The van der Waals surface area contributed by atoms with Gasteiger partial charge in [0.1, 0.15) is 5.15 Å². The van der Waals surface area contributed by atoms with E-state index in [1.165, 1.54) is 18.2 Å². The predicted octanol–water partition coefficient (Wildman–Crippen LogP) is 3.61. The first-order chi connectivity index (χ1) is 8.88. The Morgan fingerprint density at radius 3 is 2.63 bits per heavy atom. The van der Waals surface area contributed by atoms with Gasteiger partial charge >= 0.3 is 0 Å². The number of hydrogen-bond donors (Lipinski definition) is 1. The van der Waals surface area contributed by atoms with E-state index in [4.69, 9.17) is 11.6 Å². The zero-order chi connectivity index (χ0) is 14.0. The Labute approximate surface area is 125 Å². The van der Waals surface area contributed by atoms with E-state index in [0.29, 0.717) is 21.0 Å². The van der Waals surface area contributed by atoms with Crippen molar-refractivity contribution in [1.29, 1.82) is 0 Å². The van der Waals surface area contributed by atoms with Crippen LogP contribution in [0.25, 0.3) is 0 Å². The number of benzene rings is 1. The van der Waals surface area contributed by atoms with Gasteiger partial charge in [-0.25, -0.2) is 13.4 Å². The summed E-state index contributed by atoms with van der Waals surface area (Å²) in [6.07, 6.45) is 0. The number of anilines is 1. The fourth-order valence-corrected chi connectivity index (χ4v) is 3.38. The van der Waals surface area contributed by atoms with Crippen LogP contribution in [0.4, 0.5) is 5.69 Å². The van der Waals surface area contributed by atoms with Crippen LogP contribution in [0, 0.1) is 6.92 Å². The van der Waals surface area contributed by atoms with Crippen LogP contribution >= 0.6 is 27.5 Å². The summed E-state index contributed by atoms with van der Waals surface area (Å²) in [6, 6.07) is 9.58. The second kappa shape index (κ2) is 5.48. The number of aromatic nitrogens is 1. The van der Waals surface area contributed by atoms with Crippen LogP contribution in [0.3, 0.4) is 0 Å². The molecular weight excluding hydrogens is 352 g/mol. The van der Waals surface area contributed by atoms with Crippen molar-refractivity contribution >= 4 is 43.2 Å². The third kappa shape index (κ3) is 3.46. The summed E-state index contributed by atoms with van der Waals surface area (Å²) in [6.45, 7) is 1.69. The van der Waals surface area contributed by atoms with Crippen molar-refractivity contribution in [2.75, 3.05) is 4.72 Å². The average Bonchev–Trinajstić information content (AvgIpc) is 2.33. The highest BCUT2D eigenvalue weighted by atomic mass is 79.9. The van der Waals surface area contributed by atoms with Gasteiger partial charge < -0.3 is 0 Å². The Balaban J connectivity index is 2.36. The highest BCUT2D eigenvalue weighted by Crippen LogP contribution is 2.22. The normalized spacial score (nSPS) is 11.3. The van der Waals surface area contributed by atoms with Gasteiger partial charge in [-0.1, -0.05) is 33.6 Å². The van der Waals surface area contributed by atoms with Crippen LogP contribution in [-0.2, 0) is 10.0 Å². The number of rotatable bonds is 3. The third-order valence-electron chi connectivity index (χ3n) is 2.40. The highest BCUT2D eigenvalue weighted by molar-refractivity contribution is 9.10. The Morgan fingerprint density at radius 2 is 2.00 bits per heavy atom. The number of sulfonamides is 1. The molecular formula is C12H10BrClN2O2S. The maximum Gasteiger partial charge on any atom is 0.261 e. The second-order valence-electron chi connectivity index (χ2n) is 3.83. The minimum absolute atomic E-state index is 0.177. The molecule has 1 N–H and O–H groups in total. The van der Waals surface area contributed by atoms with Gasteiger partial charge in [-0.2, -0.15) is 0 Å². The van der Waals surface area contributed by atoms with Crippen LogP contribution < -0.4 is 4.72 Å². The molecule has 19 heavy (non-hydrogen) atoms. The zero-order valence-corrected chi connectivity index (χ0v) is 13.1. The summed E-state index contributed by atoms with van der Waals surface area (Å²) < 4.78 is 27.6. The average molecular weight is 362 g/mol. The topological polar surface area (TPSA) is 59.1 Å². The molecule has 0 aliphatic heterocycles. The maximum atomic E-state index is 12.2. The van der Waals surface area contributed by atoms with E-state index in [-0.39, 0.29) is 4.90 Å². The van der Waals surface area contributed by atoms with Crippen molar-refractivity contribution in [3.05, 3.63) is 51.7 Å². The summed E-state index contributed by atoms with van der Waals surface area (Å²) in [5, 5.41) is 0.322. The molecule has 0 fully saturated rings. The predicted molar refractivity (Wildman–Crippen MR) is 78.9 cm³/mol. The smallest absolute Gasteiger partial charge is 0.261 e. The molecule has 4 nitrogen and oxygen atoms in total. The van der Waals surface area contributed by atoms with Gasteiger partial charge in [0.15, 0.2) is 0 Å². The summed E-state index contributed by atoms with van der Waals surface area (Å²) >= 11 is 8.97. The minimum atomic E-state index is -3.63. The summed E-state index contributed by atoms with van der Waals surface area (Å²) in [4.78, 5) is 4.18. The standard InChI is InChI=1S/C12H10BrClN2O2S/c1-8-11(5-6-12(14)15-8)16-19(17,18)10-4-2-3-9(13)7-10/h2-7,16H,1H3. The quantitative estimate of drug-likeness (QED) is 0.850. The fraction of sp³-hybridized carbons (Fsp3) is 0.0833. The van der Waals surface area contributed by atoms with Crippen LogP contribution in [0.15, 0.2) is 45.8 Å². The molecule has 7 heteroatoms. The lowest BCUT2D eigenvalue weighted by molar-refractivity contribution is 0.601. The van der Waals surface area contributed by atoms with E-state index < -0.39 is 10.0 Å². The monoisotopic (exact) mass is 360 g/mol. The number of hydrogen-bond acceptors (Lipinski definition) is 3. The molecule has 0 bridgehead atoms. The van der Waals surface area contributed by atoms with Gasteiger partial charge in [0.2, 0.25) is 0 Å². The zero-order valence-electron chi connectivity index (χ0n) is 9.89. The molecule has 0 spiro atoms. The van der Waals surface area contributed by atoms with E-state index in [1.807, 2.05) is 0 Å². The van der Waals surface area contributed by atoms with E-state index in [2.05, 4.69) is 25.6 Å². The van der Waals surface area contributed by atoms with Crippen molar-refractivity contribution in [2.45, 2.75) is 11.8 Å². The molecule has 0 radical (unpaired) electrons. The molecule has 1 aromatic heterocycles. The lowest BCUT2D eigenvalue weighted by Gasteiger charge is -2.10. The molecule has 1 aromatic carbocycles. The van der Waals surface area contributed by atoms with E-state index in [1.54, 1.807) is 25.1 Å². The molecule has 0 amide bonds. The minimum Gasteiger partial charge on any atom is -0.278 e. The van der Waals surface area contributed by atoms with Gasteiger partial charge in [0, 0.05) is 4.47 Å². The Kier molecular flexibility index (Phi) is 4.13. The molecule has 0 saturated heterocycles.